The maximum Gasteiger partial charge on any atom is 0.248 e. The van der Waals surface area contributed by atoms with E-state index in [4.69, 9.17) is 21.3 Å². The highest BCUT2D eigenvalue weighted by Crippen LogP contribution is 2.34. The van der Waals surface area contributed by atoms with Gasteiger partial charge in [0.25, 0.3) is 0 Å². The lowest BCUT2D eigenvalue weighted by molar-refractivity contribution is -0.118. The molecule has 1 N–H and O–H groups in total. The maximum absolute atomic E-state index is 13.5. The summed E-state index contributed by atoms with van der Waals surface area (Å²) in [6.07, 6.45) is 1.43. The fraction of sp³-hybridized carbons (Fsp3) is 0.385. The summed E-state index contributed by atoms with van der Waals surface area (Å²) in [7, 11) is 0. The Kier molecular flexibility index (Phi) is 7.07. The molecular weight excluding hydrogens is 454 g/mol. The van der Waals surface area contributed by atoms with E-state index in [0.29, 0.717) is 23.1 Å². The second kappa shape index (κ2) is 9.84. The number of hydrogen-bond acceptors (Lipinski definition) is 5. The molecule has 1 aliphatic heterocycles. The Hall–Kier alpha value is -2.41. The van der Waals surface area contributed by atoms with E-state index in [0.717, 1.165) is 28.2 Å². The van der Waals surface area contributed by atoms with Gasteiger partial charge < -0.3 is 15.0 Å². The van der Waals surface area contributed by atoms with Gasteiger partial charge in [-0.3, -0.25) is 4.79 Å². The van der Waals surface area contributed by atoms with Crippen LogP contribution in [0.4, 0.5) is 10.8 Å². The zero-order valence-electron chi connectivity index (χ0n) is 19.5. The Balaban J connectivity index is 1.57. The summed E-state index contributed by atoms with van der Waals surface area (Å²) < 4.78 is 6.24. The Morgan fingerprint density at radius 3 is 2.52 bits per heavy atom. The van der Waals surface area contributed by atoms with Crippen molar-refractivity contribution in [3.8, 4) is 11.3 Å². The van der Waals surface area contributed by atoms with Crippen LogP contribution in [0, 0.1) is 0 Å². The van der Waals surface area contributed by atoms with Crippen LogP contribution in [-0.4, -0.2) is 35.2 Å². The highest BCUT2D eigenvalue weighted by atomic mass is 35.5. The molecule has 1 fully saturated rings. The number of benzene rings is 2. The molecule has 1 saturated heterocycles. The van der Waals surface area contributed by atoms with Crippen molar-refractivity contribution in [3.63, 3.8) is 0 Å². The highest BCUT2D eigenvalue weighted by molar-refractivity contribution is 7.16. The third-order valence-electron chi connectivity index (χ3n) is 5.54. The number of halogens is 1. The van der Waals surface area contributed by atoms with E-state index in [2.05, 4.69) is 17.1 Å². The molecule has 2 atom stereocenters. The number of nitrogens with one attached hydrogen (secondary N) is 1. The van der Waals surface area contributed by atoms with Gasteiger partial charge in [0.05, 0.1) is 17.4 Å². The SMILES string of the molecule is CCc1sc(NC(=O)C2C[C@@H](OC(C)(C)C)CN2c2ccc(Cl)cc2)nc1-c1ccccc1. The molecule has 0 spiro atoms. The summed E-state index contributed by atoms with van der Waals surface area (Å²) in [5.41, 5.74) is 2.68. The van der Waals surface area contributed by atoms with Gasteiger partial charge in [0.1, 0.15) is 6.04 Å². The Labute approximate surface area is 204 Å². The van der Waals surface area contributed by atoms with Gasteiger partial charge in [-0.15, -0.1) is 11.3 Å². The monoisotopic (exact) mass is 483 g/mol. The lowest BCUT2D eigenvalue weighted by Crippen LogP contribution is -2.39. The molecule has 0 radical (unpaired) electrons. The molecule has 7 heteroatoms. The number of aromatic nitrogens is 1. The van der Waals surface area contributed by atoms with Crippen LogP contribution in [0.15, 0.2) is 54.6 Å². The third-order valence-corrected chi connectivity index (χ3v) is 6.91. The van der Waals surface area contributed by atoms with Crippen LogP contribution in [0.3, 0.4) is 0 Å². The quantitative estimate of drug-likeness (QED) is 0.439. The second-order valence-corrected chi connectivity index (χ2v) is 10.8. The number of aryl methyl sites for hydroxylation is 1. The third kappa shape index (κ3) is 5.75. The second-order valence-electron chi connectivity index (χ2n) is 9.23. The van der Waals surface area contributed by atoms with Crippen LogP contribution in [0.1, 0.15) is 39.0 Å². The van der Waals surface area contributed by atoms with Gasteiger partial charge in [-0.1, -0.05) is 48.9 Å². The number of hydrogen-bond donors (Lipinski definition) is 1. The lowest BCUT2D eigenvalue weighted by Gasteiger charge is -2.26. The molecule has 3 aromatic rings. The summed E-state index contributed by atoms with van der Waals surface area (Å²) in [6.45, 7) is 8.88. The smallest absolute Gasteiger partial charge is 0.248 e. The molecule has 0 saturated carbocycles. The molecule has 33 heavy (non-hydrogen) atoms. The van der Waals surface area contributed by atoms with Crippen molar-refractivity contribution in [1.82, 2.24) is 4.98 Å². The first kappa shape index (κ1) is 23.7. The normalized spacial score (nSPS) is 18.5. The van der Waals surface area contributed by atoms with Gasteiger partial charge in [-0.2, -0.15) is 0 Å². The minimum atomic E-state index is -0.354. The number of thiazole rings is 1. The van der Waals surface area contributed by atoms with Crippen LogP contribution < -0.4 is 10.2 Å². The number of anilines is 2. The van der Waals surface area contributed by atoms with E-state index >= 15 is 0 Å². The first-order chi connectivity index (χ1) is 15.7. The van der Waals surface area contributed by atoms with Gasteiger partial charge >= 0.3 is 0 Å². The molecule has 1 aromatic heterocycles. The minimum absolute atomic E-state index is 0.0428. The Bertz CT molecular complexity index is 1090. The van der Waals surface area contributed by atoms with E-state index in [9.17, 15) is 4.79 Å². The van der Waals surface area contributed by atoms with E-state index < -0.39 is 0 Å². The van der Waals surface area contributed by atoms with E-state index in [-0.39, 0.29) is 23.7 Å². The van der Waals surface area contributed by atoms with Crippen molar-refractivity contribution in [2.75, 3.05) is 16.8 Å². The van der Waals surface area contributed by atoms with Crippen LogP contribution in [0.2, 0.25) is 5.02 Å². The standard InChI is InChI=1S/C26H30ClN3O2S/c1-5-22-23(17-9-7-6-8-10-17)28-25(33-22)29-24(31)21-15-20(32-26(2,3)4)16-30(21)19-13-11-18(27)12-14-19/h6-14,20-21H,5,15-16H2,1-4H3,(H,28,29,31)/t20-,21?/m1/s1. The lowest BCUT2D eigenvalue weighted by atomic mass is 10.1. The number of carbonyl (C=O) groups is 1. The van der Waals surface area contributed by atoms with E-state index in [1.807, 2.05) is 75.4 Å². The predicted molar refractivity (Wildman–Crippen MR) is 137 cm³/mol. The molecule has 4 rings (SSSR count). The van der Waals surface area contributed by atoms with E-state index in [1.165, 1.54) is 0 Å². The Morgan fingerprint density at radius 2 is 1.88 bits per heavy atom. The summed E-state index contributed by atoms with van der Waals surface area (Å²) in [5, 5.41) is 4.39. The molecule has 174 valence electrons. The molecule has 0 bridgehead atoms. The van der Waals surface area contributed by atoms with Crippen molar-refractivity contribution >= 4 is 39.7 Å². The van der Waals surface area contributed by atoms with Crippen LogP contribution in [-0.2, 0) is 16.0 Å². The Morgan fingerprint density at radius 1 is 1.18 bits per heavy atom. The van der Waals surface area contributed by atoms with Gasteiger partial charge in [0, 0.05) is 34.1 Å². The van der Waals surface area contributed by atoms with Crippen LogP contribution in [0.25, 0.3) is 11.3 Å². The molecule has 0 aliphatic carbocycles. The van der Waals surface area contributed by atoms with Gasteiger partial charge in [0.2, 0.25) is 5.91 Å². The van der Waals surface area contributed by atoms with Gasteiger partial charge in [-0.25, -0.2) is 4.98 Å². The number of rotatable bonds is 6. The molecule has 1 aliphatic rings. The topological polar surface area (TPSA) is 54.5 Å². The maximum atomic E-state index is 13.5. The first-order valence-corrected chi connectivity index (χ1v) is 12.5. The molecule has 1 unspecified atom stereocenters. The fourth-order valence-corrected chi connectivity index (χ4v) is 5.26. The first-order valence-electron chi connectivity index (χ1n) is 11.3. The number of nitrogens with zero attached hydrogens (tertiary/aromatic N) is 2. The highest BCUT2D eigenvalue weighted by Gasteiger charge is 2.39. The number of amides is 1. The fourth-order valence-electron chi connectivity index (χ4n) is 4.20. The summed E-state index contributed by atoms with van der Waals surface area (Å²) in [4.78, 5) is 21.5. The number of ether oxygens (including phenoxy) is 1. The predicted octanol–water partition coefficient (Wildman–Crippen LogP) is 6.43. The molecule has 1 amide bonds. The average molecular weight is 484 g/mol. The van der Waals surface area contributed by atoms with Crippen molar-refractivity contribution < 1.29 is 9.53 Å². The van der Waals surface area contributed by atoms with Gasteiger partial charge in [0.15, 0.2) is 5.13 Å². The van der Waals surface area contributed by atoms with Crippen molar-refractivity contribution in [3.05, 3.63) is 64.5 Å². The molecule has 5 nitrogen and oxygen atoms in total. The van der Waals surface area contributed by atoms with E-state index in [1.54, 1.807) is 11.3 Å². The molecule has 2 heterocycles. The molecular formula is C26H30ClN3O2S. The van der Waals surface area contributed by atoms with Crippen molar-refractivity contribution in [1.29, 1.82) is 0 Å². The number of carbonyl (C=O) groups excluding carboxylic acids is 1. The van der Waals surface area contributed by atoms with Crippen molar-refractivity contribution in [2.24, 2.45) is 0 Å². The molecule has 2 aromatic carbocycles. The summed E-state index contributed by atoms with van der Waals surface area (Å²) >= 11 is 7.63. The minimum Gasteiger partial charge on any atom is -0.371 e. The van der Waals surface area contributed by atoms with Crippen LogP contribution in [0.5, 0.6) is 0 Å². The summed E-state index contributed by atoms with van der Waals surface area (Å²) in [6, 6.07) is 17.4. The van der Waals surface area contributed by atoms with Crippen LogP contribution >= 0.6 is 22.9 Å². The zero-order chi connectivity index (χ0) is 23.6. The summed E-state index contributed by atoms with van der Waals surface area (Å²) in [5.74, 6) is -0.0685. The van der Waals surface area contributed by atoms with Gasteiger partial charge in [-0.05, 0) is 51.5 Å². The van der Waals surface area contributed by atoms with Crippen molar-refractivity contribution in [2.45, 2.75) is 58.3 Å². The zero-order valence-corrected chi connectivity index (χ0v) is 21.0. The average Bonchev–Trinajstić information content (AvgIpc) is 3.38. The largest absolute Gasteiger partial charge is 0.371 e.